The van der Waals surface area contributed by atoms with Gasteiger partial charge in [0.05, 0.1) is 0 Å². The SMILES string of the molecule is CCCCCOCc1nnc(Cl)s1. The van der Waals surface area contributed by atoms with E-state index in [0.29, 0.717) is 11.1 Å². The second-order valence-corrected chi connectivity index (χ2v) is 4.35. The van der Waals surface area contributed by atoms with E-state index < -0.39 is 0 Å². The molecule has 0 aliphatic carbocycles. The number of unbranched alkanes of at least 4 members (excludes halogenated alkanes) is 2. The van der Waals surface area contributed by atoms with E-state index in [1.807, 2.05) is 0 Å². The Balaban J connectivity index is 2.06. The summed E-state index contributed by atoms with van der Waals surface area (Å²) in [5.41, 5.74) is 0. The van der Waals surface area contributed by atoms with E-state index in [0.717, 1.165) is 18.0 Å². The zero-order valence-electron chi connectivity index (χ0n) is 7.62. The molecule has 0 aliphatic heterocycles. The van der Waals surface area contributed by atoms with Gasteiger partial charge < -0.3 is 4.74 Å². The number of nitrogens with zero attached hydrogens (tertiary/aromatic N) is 2. The fourth-order valence-electron chi connectivity index (χ4n) is 0.905. The molecular formula is C8H13ClN2OS. The van der Waals surface area contributed by atoms with Crippen LogP contribution in [-0.4, -0.2) is 16.8 Å². The van der Waals surface area contributed by atoms with E-state index in [1.54, 1.807) is 0 Å². The van der Waals surface area contributed by atoms with Crippen molar-refractivity contribution in [3.05, 3.63) is 9.47 Å². The Morgan fingerprint density at radius 1 is 1.38 bits per heavy atom. The summed E-state index contributed by atoms with van der Waals surface area (Å²) < 4.78 is 5.86. The Labute approximate surface area is 87.1 Å². The van der Waals surface area contributed by atoms with Crippen LogP contribution in [0.2, 0.25) is 4.47 Å². The molecule has 1 heterocycles. The fourth-order valence-corrected chi connectivity index (χ4v) is 1.71. The quantitative estimate of drug-likeness (QED) is 0.692. The Bertz CT molecular complexity index is 242. The molecule has 0 N–H and O–H groups in total. The second-order valence-electron chi connectivity index (χ2n) is 2.71. The number of halogens is 1. The molecule has 0 saturated heterocycles. The Morgan fingerprint density at radius 3 is 2.85 bits per heavy atom. The molecule has 0 atom stereocenters. The molecule has 74 valence electrons. The molecule has 0 aromatic carbocycles. The van der Waals surface area contributed by atoms with Gasteiger partial charge in [-0.3, -0.25) is 0 Å². The summed E-state index contributed by atoms with van der Waals surface area (Å²) in [5.74, 6) is 0. The first-order valence-electron chi connectivity index (χ1n) is 4.38. The first kappa shape index (κ1) is 10.9. The maximum absolute atomic E-state index is 5.61. The van der Waals surface area contributed by atoms with Gasteiger partial charge in [-0.2, -0.15) is 0 Å². The van der Waals surface area contributed by atoms with Crippen molar-refractivity contribution in [3.8, 4) is 0 Å². The lowest BCUT2D eigenvalue weighted by molar-refractivity contribution is 0.116. The van der Waals surface area contributed by atoms with Crippen LogP contribution in [-0.2, 0) is 11.3 Å². The van der Waals surface area contributed by atoms with Gasteiger partial charge in [-0.25, -0.2) is 0 Å². The largest absolute Gasteiger partial charge is 0.374 e. The summed E-state index contributed by atoms with van der Waals surface area (Å²) in [7, 11) is 0. The molecule has 0 radical (unpaired) electrons. The summed E-state index contributed by atoms with van der Waals surface area (Å²) in [6, 6.07) is 0. The maximum atomic E-state index is 5.61. The third-order valence-corrected chi connectivity index (χ3v) is 2.55. The van der Waals surface area contributed by atoms with Crippen LogP contribution in [0, 0.1) is 0 Å². The van der Waals surface area contributed by atoms with Crippen LogP contribution in [0.3, 0.4) is 0 Å². The van der Waals surface area contributed by atoms with Gasteiger partial charge in [-0.15, -0.1) is 10.2 Å². The van der Waals surface area contributed by atoms with Gasteiger partial charge in [0.25, 0.3) is 0 Å². The summed E-state index contributed by atoms with van der Waals surface area (Å²) in [6.45, 7) is 3.50. The molecule has 0 unspecified atom stereocenters. The first-order valence-corrected chi connectivity index (χ1v) is 5.58. The molecule has 0 aliphatic rings. The standard InChI is InChI=1S/C8H13ClN2OS/c1-2-3-4-5-12-6-7-10-11-8(9)13-7/h2-6H2,1H3. The van der Waals surface area contributed by atoms with Gasteiger partial charge in [0.15, 0.2) is 0 Å². The second kappa shape index (κ2) is 6.29. The number of hydrogen-bond donors (Lipinski definition) is 0. The van der Waals surface area contributed by atoms with Crippen LogP contribution >= 0.6 is 22.9 Å². The van der Waals surface area contributed by atoms with Crippen LogP contribution in [0.4, 0.5) is 0 Å². The molecule has 3 nitrogen and oxygen atoms in total. The van der Waals surface area contributed by atoms with Crippen LogP contribution in [0.25, 0.3) is 0 Å². The van der Waals surface area contributed by atoms with E-state index in [4.69, 9.17) is 16.3 Å². The van der Waals surface area contributed by atoms with Crippen molar-refractivity contribution in [1.82, 2.24) is 10.2 Å². The molecule has 5 heteroatoms. The predicted molar refractivity (Wildman–Crippen MR) is 54.1 cm³/mol. The topological polar surface area (TPSA) is 35.0 Å². The zero-order valence-corrected chi connectivity index (χ0v) is 9.20. The van der Waals surface area contributed by atoms with Gasteiger partial charge in [-0.1, -0.05) is 31.1 Å². The van der Waals surface area contributed by atoms with E-state index in [2.05, 4.69) is 17.1 Å². The van der Waals surface area contributed by atoms with Crippen LogP contribution in [0.1, 0.15) is 31.2 Å². The average Bonchev–Trinajstić information content (AvgIpc) is 2.51. The Morgan fingerprint density at radius 2 is 2.23 bits per heavy atom. The number of hydrogen-bond acceptors (Lipinski definition) is 4. The third kappa shape index (κ3) is 4.55. The maximum Gasteiger partial charge on any atom is 0.207 e. The first-order chi connectivity index (χ1) is 6.33. The molecule has 1 aromatic heterocycles. The number of rotatable bonds is 6. The molecule has 0 saturated carbocycles. The normalized spacial score (nSPS) is 10.6. The van der Waals surface area contributed by atoms with Crippen molar-refractivity contribution in [2.45, 2.75) is 32.8 Å². The summed E-state index contributed by atoms with van der Waals surface area (Å²) >= 11 is 6.98. The molecule has 0 fully saturated rings. The highest BCUT2D eigenvalue weighted by atomic mass is 35.5. The van der Waals surface area contributed by atoms with Gasteiger partial charge >= 0.3 is 0 Å². The van der Waals surface area contributed by atoms with Crippen molar-refractivity contribution in [2.24, 2.45) is 0 Å². The van der Waals surface area contributed by atoms with Gasteiger partial charge in [0, 0.05) is 6.61 Å². The number of aromatic nitrogens is 2. The lowest BCUT2D eigenvalue weighted by Gasteiger charge is -1.99. The van der Waals surface area contributed by atoms with Gasteiger partial charge in [0.1, 0.15) is 11.6 Å². The minimum Gasteiger partial charge on any atom is -0.374 e. The monoisotopic (exact) mass is 220 g/mol. The fraction of sp³-hybridized carbons (Fsp3) is 0.750. The zero-order chi connectivity index (χ0) is 9.52. The van der Waals surface area contributed by atoms with Crippen LogP contribution in [0.5, 0.6) is 0 Å². The molecule has 0 bridgehead atoms. The molecular weight excluding hydrogens is 208 g/mol. The van der Waals surface area contributed by atoms with Crippen LogP contribution in [0.15, 0.2) is 0 Å². The molecule has 13 heavy (non-hydrogen) atoms. The molecule has 0 spiro atoms. The smallest absolute Gasteiger partial charge is 0.207 e. The van der Waals surface area contributed by atoms with Crippen molar-refractivity contribution in [2.75, 3.05) is 6.61 Å². The lowest BCUT2D eigenvalue weighted by atomic mass is 10.3. The highest BCUT2D eigenvalue weighted by molar-refractivity contribution is 7.15. The third-order valence-electron chi connectivity index (χ3n) is 1.56. The molecule has 1 rings (SSSR count). The Kier molecular flexibility index (Phi) is 5.27. The minimum atomic E-state index is 0.479. The van der Waals surface area contributed by atoms with Gasteiger partial charge in [-0.05, 0) is 18.0 Å². The summed E-state index contributed by atoms with van der Waals surface area (Å²) in [5, 5.41) is 8.38. The predicted octanol–water partition coefficient (Wildman–Crippen LogP) is 2.90. The summed E-state index contributed by atoms with van der Waals surface area (Å²) in [6.07, 6.45) is 3.55. The minimum absolute atomic E-state index is 0.479. The Hall–Kier alpha value is -0.190. The van der Waals surface area contributed by atoms with E-state index in [9.17, 15) is 0 Å². The highest BCUT2D eigenvalue weighted by Crippen LogP contribution is 2.15. The highest BCUT2D eigenvalue weighted by Gasteiger charge is 2.00. The van der Waals surface area contributed by atoms with Crippen molar-refractivity contribution in [1.29, 1.82) is 0 Å². The lowest BCUT2D eigenvalue weighted by Crippen LogP contribution is -1.94. The summed E-state index contributed by atoms with van der Waals surface area (Å²) in [4.78, 5) is 0. The van der Waals surface area contributed by atoms with E-state index >= 15 is 0 Å². The molecule has 1 aromatic rings. The number of ether oxygens (including phenoxy) is 1. The molecule has 0 amide bonds. The van der Waals surface area contributed by atoms with E-state index in [-0.39, 0.29) is 0 Å². The van der Waals surface area contributed by atoms with Crippen molar-refractivity contribution >= 4 is 22.9 Å². The average molecular weight is 221 g/mol. The van der Waals surface area contributed by atoms with Gasteiger partial charge in [0.2, 0.25) is 4.47 Å². The van der Waals surface area contributed by atoms with Crippen molar-refractivity contribution < 1.29 is 4.74 Å². The van der Waals surface area contributed by atoms with Crippen LogP contribution < -0.4 is 0 Å². The van der Waals surface area contributed by atoms with Crippen molar-refractivity contribution in [3.63, 3.8) is 0 Å². The van der Waals surface area contributed by atoms with E-state index in [1.165, 1.54) is 24.2 Å².